The van der Waals surface area contributed by atoms with Crippen LogP contribution in [-0.4, -0.2) is 47.4 Å². The Balaban J connectivity index is 1.56. The molecule has 1 unspecified atom stereocenters. The van der Waals surface area contributed by atoms with Crippen LogP contribution in [-0.2, 0) is 11.4 Å². The topological polar surface area (TPSA) is 153 Å². The summed E-state index contributed by atoms with van der Waals surface area (Å²) in [6.07, 6.45) is 6.25. The predicted octanol–water partition coefficient (Wildman–Crippen LogP) is 3.31. The lowest BCUT2D eigenvalue weighted by atomic mass is 10.1. The molecule has 3 rings (SSSR count). The number of amides is 1. The van der Waals surface area contributed by atoms with Crippen LogP contribution in [0.15, 0.2) is 66.7 Å². The number of ether oxygens (including phenoxy) is 3. The molecule has 1 atom stereocenters. The van der Waals surface area contributed by atoms with E-state index in [0.29, 0.717) is 17.1 Å². The van der Waals surface area contributed by atoms with Gasteiger partial charge in [0.1, 0.15) is 36.6 Å². The molecule has 0 aliphatic heterocycles. The maximum Gasteiger partial charge on any atom is 0.336 e. The fourth-order valence-corrected chi connectivity index (χ4v) is 3.40. The summed E-state index contributed by atoms with van der Waals surface area (Å²) in [5, 5.41) is 21.4. The summed E-state index contributed by atoms with van der Waals surface area (Å²) in [4.78, 5) is 41.3. The Bertz CT molecular complexity index is 1350. The number of carbonyl (C=O) groups excluding carboxylic acids is 1. The van der Waals surface area contributed by atoms with Crippen molar-refractivity contribution in [3.63, 3.8) is 0 Å². The van der Waals surface area contributed by atoms with Crippen molar-refractivity contribution in [2.24, 2.45) is 0 Å². The first-order chi connectivity index (χ1) is 18.8. The summed E-state index contributed by atoms with van der Waals surface area (Å²) in [7, 11) is 0. The number of nitrogens with one attached hydrogen (secondary N) is 2. The minimum atomic E-state index is -1.31. The molecule has 3 aromatic carbocycles. The summed E-state index contributed by atoms with van der Waals surface area (Å²) in [5.41, 5.74) is 2.50. The number of carboxylic acid groups (broad SMARTS) is 2. The Kier molecular flexibility index (Phi) is 10.3. The zero-order valence-corrected chi connectivity index (χ0v) is 20.9. The van der Waals surface area contributed by atoms with Gasteiger partial charge < -0.3 is 29.7 Å². The van der Waals surface area contributed by atoms with E-state index in [1.165, 1.54) is 36.4 Å². The third kappa shape index (κ3) is 8.50. The van der Waals surface area contributed by atoms with Crippen LogP contribution in [0.3, 0.4) is 0 Å². The quantitative estimate of drug-likeness (QED) is 0.105. The van der Waals surface area contributed by atoms with Crippen molar-refractivity contribution in [1.82, 2.24) is 10.8 Å². The molecule has 0 saturated heterocycles. The SMILES string of the molecule is C#COc1ccc(C(=O)O)c(C(=O)NC(C)NOCc2cc(OCCOc3ccccc3)ccc2C(=O)O)c1. The summed E-state index contributed by atoms with van der Waals surface area (Å²) in [5.74, 6) is -1.93. The molecule has 202 valence electrons. The van der Waals surface area contributed by atoms with E-state index in [4.69, 9.17) is 25.5 Å². The smallest absolute Gasteiger partial charge is 0.336 e. The van der Waals surface area contributed by atoms with Crippen molar-refractivity contribution in [2.45, 2.75) is 19.7 Å². The molecule has 3 aromatic rings. The summed E-state index contributed by atoms with van der Waals surface area (Å²) < 4.78 is 16.1. The van der Waals surface area contributed by atoms with Gasteiger partial charge in [-0.3, -0.25) is 9.63 Å². The molecule has 39 heavy (non-hydrogen) atoms. The van der Waals surface area contributed by atoms with Crippen molar-refractivity contribution in [2.75, 3.05) is 13.2 Å². The molecule has 1 amide bonds. The first-order valence-corrected chi connectivity index (χ1v) is 11.6. The monoisotopic (exact) mass is 534 g/mol. The molecule has 0 saturated carbocycles. The lowest BCUT2D eigenvalue weighted by Crippen LogP contribution is -2.43. The minimum Gasteiger partial charge on any atom is -0.490 e. The molecule has 11 heteroatoms. The molecule has 0 aliphatic carbocycles. The summed E-state index contributed by atoms with van der Waals surface area (Å²) in [6.45, 7) is 1.89. The molecule has 11 nitrogen and oxygen atoms in total. The molecule has 0 fully saturated rings. The van der Waals surface area contributed by atoms with Crippen molar-refractivity contribution < 1.29 is 43.6 Å². The molecular formula is C28H26N2O9. The number of carboxylic acids is 2. The largest absolute Gasteiger partial charge is 0.490 e. The highest BCUT2D eigenvalue weighted by molar-refractivity contribution is 6.05. The predicted molar refractivity (Wildman–Crippen MR) is 139 cm³/mol. The molecule has 4 N–H and O–H groups in total. The van der Waals surface area contributed by atoms with Crippen molar-refractivity contribution >= 4 is 17.8 Å². The van der Waals surface area contributed by atoms with Gasteiger partial charge in [-0.25, -0.2) is 9.59 Å². The molecule has 0 aliphatic rings. The number of benzene rings is 3. The van der Waals surface area contributed by atoms with Gasteiger partial charge in [0.2, 0.25) is 0 Å². The van der Waals surface area contributed by atoms with Gasteiger partial charge in [0.25, 0.3) is 5.91 Å². The van der Waals surface area contributed by atoms with Crippen LogP contribution in [0.5, 0.6) is 17.2 Å². The number of carbonyl (C=O) groups is 3. The number of hydroxylamine groups is 1. The average molecular weight is 535 g/mol. The van der Waals surface area contributed by atoms with E-state index >= 15 is 0 Å². The maximum absolute atomic E-state index is 12.7. The average Bonchev–Trinajstić information content (AvgIpc) is 2.91. The van der Waals surface area contributed by atoms with Crippen LogP contribution in [0.2, 0.25) is 0 Å². The van der Waals surface area contributed by atoms with Crippen molar-refractivity contribution in [3.8, 4) is 29.8 Å². The van der Waals surface area contributed by atoms with Crippen LogP contribution in [0.1, 0.15) is 43.6 Å². The van der Waals surface area contributed by atoms with Crippen LogP contribution < -0.4 is 25.0 Å². The van der Waals surface area contributed by atoms with Crippen molar-refractivity contribution in [3.05, 3.63) is 89.0 Å². The molecular weight excluding hydrogens is 508 g/mol. The Morgan fingerprint density at radius 2 is 1.49 bits per heavy atom. The molecule has 0 spiro atoms. The van der Waals surface area contributed by atoms with Gasteiger partial charge in [0.15, 0.2) is 0 Å². The first-order valence-electron chi connectivity index (χ1n) is 11.6. The van der Waals surface area contributed by atoms with Gasteiger partial charge in [-0.15, -0.1) is 0 Å². The molecule has 0 radical (unpaired) electrons. The molecule has 0 bridgehead atoms. The minimum absolute atomic E-state index is 0.0119. The van der Waals surface area contributed by atoms with E-state index in [1.54, 1.807) is 6.92 Å². The fraction of sp³-hybridized carbons (Fsp3) is 0.179. The normalized spacial score (nSPS) is 11.1. The number of hydrogen-bond donors (Lipinski definition) is 4. The number of rotatable bonds is 14. The highest BCUT2D eigenvalue weighted by Gasteiger charge is 2.20. The number of aromatic carboxylic acids is 2. The van der Waals surface area contributed by atoms with Crippen LogP contribution in [0, 0.1) is 12.5 Å². The van der Waals surface area contributed by atoms with Gasteiger partial charge >= 0.3 is 11.9 Å². The van der Waals surface area contributed by atoms with Crippen molar-refractivity contribution in [1.29, 1.82) is 0 Å². The van der Waals surface area contributed by atoms with E-state index in [2.05, 4.69) is 10.8 Å². The zero-order valence-electron chi connectivity index (χ0n) is 20.9. The third-order valence-corrected chi connectivity index (χ3v) is 5.15. The van der Waals surface area contributed by atoms with Crippen LogP contribution in [0.4, 0.5) is 0 Å². The number of para-hydroxylation sites is 1. The second-order valence-electron chi connectivity index (χ2n) is 7.97. The van der Waals surface area contributed by atoms with Gasteiger partial charge in [-0.2, -0.15) is 5.48 Å². The third-order valence-electron chi connectivity index (χ3n) is 5.15. The van der Waals surface area contributed by atoms with E-state index in [0.717, 1.165) is 0 Å². The van der Waals surface area contributed by atoms with E-state index in [1.807, 2.05) is 36.4 Å². The molecule has 0 heterocycles. The Hall–Kier alpha value is -5.05. The van der Waals surface area contributed by atoms with E-state index < -0.39 is 24.0 Å². The Labute approximate surface area is 224 Å². The van der Waals surface area contributed by atoms with Gasteiger partial charge in [0, 0.05) is 0 Å². The van der Waals surface area contributed by atoms with Crippen LogP contribution in [0.25, 0.3) is 0 Å². The number of terminal acetylenes is 1. The Morgan fingerprint density at radius 3 is 2.15 bits per heavy atom. The van der Waals surface area contributed by atoms with Crippen LogP contribution >= 0.6 is 0 Å². The standard InChI is InChI=1S/C28H26N2O9/c1-3-36-22-10-12-24(28(34)35)25(16-22)26(31)29-18(2)30-39-17-19-15-21(9-11-23(19)27(32)33)38-14-13-37-20-7-5-4-6-8-20/h1,4-12,15-16,18,30H,13-14,17H2,2H3,(H,29,31)(H,32,33)(H,34,35). The number of hydrogen-bond acceptors (Lipinski definition) is 8. The Morgan fingerprint density at radius 1 is 0.846 bits per heavy atom. The van der Waals surface area contributed by atoms with Gasteiger partial charge in [0.05, 0.1) is 29.5 Å². The second-order valence-corrected chi connectivity index (χ2v) is 7.97. The van der Waals surface area contributed by atoms with E-state index in [9.17, 15) is 24.6 Å². The van der Waals surface area contributed by atoms with Gasteiger partial charge in [-0.05, 0) is 61.0 Å². The summed E-state index contributed by atoms with van der Waals surface area (Å²) in [6, 6.07) is 17.5. The first kappa shape index (κ1) is 28.5. The lowest BCUT2D eigenvalue weighted by molar-refractivity contribution is 0.000158. The lowest BCUT2D eigenvalue weighted by Gasteiger charge is -2.17. The van der Waals surface area contributed by atoms with Gasteiger partial charge in [-0.1, -0.05) is 24.6 Å². The molecule has 0 aromatic heterocycles. The second kappa shape index (κ2) is 14.0. The zero-order chi connectivity index (χ0) is 28.2. The van der Waals surface area contributed by atoms with E-state index in [-0.39, 0.29) is 42.3 Å². The fourth-order valence-electron chi connectivity index (χ4n) is 3.40. The summed E-state index contributed by atoms with van der Waals surface area (Å²) >= 11 is 0. The maximum atomic E-state index is 12.7. The highest BCUT2D eigenvalue weighted by atomic mass is 16.6. The highest BCUT2D eigenvalue weighted by Crippen LogP contribution is 2.20.